The Morgan fingerprint density at radius 2 is 1.55 bits per heavy atom. The molecule has 0 bridgehead atoms. The van der Waals surface area contributed by atoms with E-state index in [-0.39, 0.29) is 30.6 Å². The van der Waals surface area contributed by atoms with Gasteiger partial charge in [0.05, 0.1) is 19.3 Å². The van der Waals surface area contributed by atoms with Gasteiger partial charge in [0.1, 0.15) is 12.0 Å². The summed E-state index contributed by atoms with van der Waals surface area (Å²) in [6, 6.07) is 16.3. The average molecular weight is 425 g/mol. The van der Waals surface area contributed by atoms with Crippen molar-refractivity contribution in [2.24, 2.45) is 5.92 Å². The Hall–Kier alpha value is -2.66. The summed E-state index contributed by atoms with van der Waals surface area (Å²) in [6.45, 7) is -0.125. The molecule has 0 aromatic heterocycles. The van der Waals surface area contributed by atoms with Crippen LogP contribution in [0.2, 0.25) is 0 Å². The molecule has 5 heteroatoms. The lowest BCUT2D eigenvalue weighted by Crippen LogP contribution is -2.47. The van der Waals surface area contributed by atoms with E-state index in [2.05, 4.69) is 30.3 Å². The number of cyclic esters (lactones) is 1. The van der Waals surface area contributed by atoms with Gasteiger partial charge in [-0.1, -0.05) is 49.2 Å². The molecule has 1 saturated heterocycles. The molecule has 1 heterocycles. The van der Waals surface area contributed by atoms with E-state index in [4.69, 9.17) is 9.47 Å². The summed E-state index contributed by atoms with van der Waals surface area (Å²) in [4.78, 5) is 22.9. The van der Waals surface area contributed by atoms with Crippen LogP contribution in [-0.4, -0.2) is 36.9 Å². The van der Waals surface area contributed by atoms with Gasteiger partial charge in [0.2, 0.25) is 0 Å². The third kappa shape index (κ3) is 6.66. The van der Waals surface area contributed by atoms with Gasteiger partial charge in [-0.15, -0.1) is 0 Å². The minimum Gasteiger partial charge on any atom is -0.465 e. The first-order valence-corrected chi connectivity index (χ1v) is 11.2. The van der Waals surface area contributed by atoms with Crippen LogP contribution in [0, 0.1) is 5.92 Å². The Balaban J connectivity index is 1.33. The van der Waals surface area contributed by atoms with E-state index in [1.165, 1.54) is 30.2 Å². The van der Waals surface area contributed by atoms with Crippen LogP contribution in [0.25, 0.3) is 0 Å². The van der Waals surface area contributed by atoms with Crippen molar-refractivity contribution in [3.63, 3.8) is 0 Å². The maximum Gasteiger partial charge on any atom is 0.337 e. The fourth-order valence-electron chi connectivity index (χ4n) is 4.08. The van der Waals surface area contributed by atoms with Crippen molar-refractivity contribution >= 4 is 11.9 Å². The van der Waals surface area contributed by atoms with Crippen molar-refractivity contribution in [2.75, 3.05) is 13.7 Å². The Kier molecular flexibility index (Phi) is 8.65. The summed E-state index contributed by atoms with van der Waals surface area (Å²) < 4.78 is 9.91. The topological polar surface area (TPSA) is 72.8 Å². The van der Waals surface area contributed by atoms with E-state index in [1.54, 1.807) is 6.07 Å². The van der Waals surface area contributed by atoms with Crippen molar-refractivity contribution in [1.82, 2.24) is 0 Å². The fourth-order valence-corrected chi connectivity index (χ4v) is 4.08. The summed E-state index contributed by atoms with van der Waals surface area (Å²) in [5.41, 5.74) is 4.38. The van der Waals surface area contributed by atoms with Crippen LogP contribution in [0.4, 0.5) is 0 Å². The highest BCUT2D eigenvalue weighted by molar-refractivity contribution is 5.89. The van der Waals surface area contributed by atoms with E-state index in [0.29, 0.717) is 5.56 Å². The number of benzene rings is 2. The van der Waals surface area contributed by atoms with Crippen molar-refractivity contribution in [1.29, 1.82) is 0 Å². The molecule has 2 aromatic carbocycles. The van der Waals surface area contributed by atoms with Crippen LogP contribution < -0.4 is 0 Å². The van der Waals surface area contributed by atoms with Gasteiger partial charge in [0.15, 0.2) is 0 Å². The highest BCUT2D eigenvalue weighted by Crippen LogP contribution is 2.26. The van der Waals surface area contributed by atoms with Crippen molar-refractivity contribution < 1.29 is 24.2 Å². The number of rotatable bonds is 12. The molecule has 0 radical (unpaired) electrons. The summed E-state index contributed by atoms with van der Waals surface area (Å²) in [7, 11) is 1.40. The largest absolute Gasteiger partial charge is 0.465 e. The number of aryl methyl sites for hydroxylation is 3. The monoisotopic (exact) mass is 424 g/mol. The molecule has 0 unspecified atom stereocenters. The number of aliphatic hydroxyl groups is 1. The van der Waals surface area contributed by atoms with Crippen molar-refractivity contribution in [3.8, 4) is 0 Å². The number of unbranched alkanes of at least 4 members (excludes halogenated alkanes) is 3. The van der Waals surface area contributed by atoms with Crippen LogP contribution in [0.15, 0.2) is 48.5 Å². The molecule has 2 atom stereocenters. The number of hydrogen-bond donors (Lipinski definition) is 1. The SMILES string of the molecule is COC(=O)c1cccc(CCCCCCc2cccc(CC[C@H]3OC(=O)[C@@H]3CO)c2)c1. The number of esters is 2. The molecule has 3 rings (SSSR count). The first-order valence-electron chi connectivity index (χ1n) is 11.2. The Morgan fingerprint density at radius 3 is 2.16 bits per heavy atom. The van der Waals surface area contributed by atoms with E-state index in [1.807, 2.05) is 12.1 Å². The lowest BCUT2D eigenvalue weighted by Gasteiger charge is -2.33. The van der Waals surface area contributed by atoms with Gasteiger partial charge in [-0.05, 0) is 67.3 Å². The highest BCUT2D eigenvalue weighted by atomic mass is 16.6. The standard InChI is InChI=1S/C26H32O5/c1-30-25(28)22-13-7-12-20(17-22)9-5-3-2-4-8-19-10-6-11-21(16-19)14-15-24-23(18-27)26(29)31-24/h6-7,10-13,16-17,23-24,27H,2-5,8-9,14-15,18H2,1H3/t23-,24-/m1/s1. The highest BCUT2D eigenvalue weighted by Gasteiger charge is 2.41. The molecule has 1 fully saturated rings. The maximum atomic E-state index is 11.6. The van der Waals surface area contributed by atoms with Crippen LogP contribution in [-0.2, 0) is 33.5 Å². The minimum atomic E-state index is -0.342. The van der Waals surface area contributed by atoms with Crippen molar-refractivity contribution in [3.05, 3.63) is 70.8 Å². The molecule has 2 aromatic rings. The third-order valence-corrected chi connectivity index (χ3v) is 5.95. The molecule has 31 heavy (non-hydrogen) atoms. The predicted octanol–water partition coefficient (Wildman–Crippen LogP) is 4.29. The second kappa shape index (κ2) is 11.7. The number of ether oxygens (including phenoxy) is 2. The summed E-state index contributed by atoms with van der Waals surface area (Å²) in [6.07, 6.45) is 8.10. The number of carbonyl (C=O) groups excluding carboxylic acids is 2. The fraction of sp³-hybridized carbons (Fsp3) is 0.462. The molecule has 166 valence electrons. The molecular formula is C26H32O5. The van der Waals surface area contributed by atoms with Crippen LogP contribution >= 0.6 is 0 Å². The third-order valence-electron chi connectivity index (χ3n) is 5.95. The van der Waals surface area contributed by atoms with Gasteiger partial charge in [-0.2, -0.15) is 0 Å². The van der Waals surface area contributed by atoms with Crippen molar-refractivity contribution in [2.45, 2.75) is 57.5 Å². The minimum absolute atomic E-state index is 0.125. The van der Waals surface area contributed by atoms with E-state index in [0.717, 1.165) is 44.9 Å². The first-order chi connectivity index (χ1) is 15.1. The summed E-state index contributed by atoms with van der Waals surface area (Å²) >= 11 is 0. The van der Waals surface area contributed by atoms with E-state index in [9.17, 15) is 14.7 Å². The van der Waals surface area contributed by atoms with Gasteiger partial charge in [-0.25, -0.2) is 4.79 Å². The summed E-state index contributed by atoms with van der Waals surface area (Å²) in [5.74, 6) is -0.908. The molecule has 0 spiro atoms. The van der Waals surface area contributed by atoms with Gasteiger partial charge in [0, 0.05) is 0 Å². The van der Waals surface area contributed by atoms with E-state index >= 15 is 0 Å². The lowest BCUT2D eigenvalue weighted by atomic mass is 9.92. The van der Waals surface area contributed by atoms with E-state index < -0.39 is 0 Å². The van der Waals surface area contributed by atoms with Crippen LogP contribution in [0.3, 0.4) is 0 Å². The number of carbonyl (C=O) groups is 2. The molecule has 1 aliphatic heterocycles. The second-order valence-corrected chi connectivity index (χ2v) is 8.23. The normalized spacial score (nSPS) is 17.7. The molecule has 0 aliphatic carbocycles. The molecule has 0 saturated carbocycles. The van der Waals surface area contributed by atoms with Crippen LogP contribution in [0.1, 0.15) is 59.2 Å². The predicted molar refractivity (Wildman–Crippen MR) is 119 cm³/mol. The zero-order chi connectivity index (χ0) is 22.1. The zero-order valence-corrected chi connectivity index (χ0v) is 18.2. The van der Waals surface area contributed by atoms with Gasteiger partial charge in [-0.3, -0.25) is 4.79 Å². The van der Waals surface area contributed by atoms with Gasteiger partial charge in [0.25, 0.3) is 0 Å². The smallest absolute Gasteiger partial charge is 0.337 e. The van der Waals surface area contributed by atoms with Crippen LogP contribution in [0.5, 0.6) is 0 Å². The Labute approximate surface area is 184 Å². The molecule has 5 nitrogen and oxygen atoms in total. The molecular weight excluding hydrogens is 392 g/mol. The molecule has 1 aliphatic rings. The molecule has 1 N–H and O–H groups in total. The molecule has 0 amide bonds. The zero-order valence-electron chi connectivity index (χ0n) is 18.2. The Morgan fingerprint density at radius 1 is 0.935 bits per heavy atom. The Bertz CT molecular complexity index is 876. The second-order valence-electron chi connectivity index (χ2n) is 8.23. The first kappa shape index (κ1) is 23.0. The quantitative estimate of drug-likeness (QED) is 0.407. The number of hydrogen-bond acceptors (Lipinski definition) is 5. The van der Waals surface area contributed by atoms with Gasteiger partial charge < -0.3 is 14.6 Å². The number of methoxy groups -OCH3 is 1. The number of aliphatic hydroxyl groups excluding tert-OH is 1. The van der Waals surface area contributed by atoms with Gasteiger partial charge >= 0.3 is 11.9 Å². The average Bonchev–Trinajstić information content (AvgIpc) is 2.79. The lowest BCUT2D eigenvalue weighted by molar-refractivity contribution is -0.188. The maximum absolute atomic E-state index is 11.6. The summed E-state index contributed by atoms with van der Waals surface area (Å²) in [5, 5.41) is 9.22.